The van der Waals surface area contributed by atoms with Gasteiger partial charge in [0.2, 0.25) is 5.91 Å². The van der Waals surface area contributed by atoms with Gasteiger partial charge in [-0.1, -0.05) is 19.9 Å². The topological polar surface area (TPSA) is 88.4 Å². The Hall–Kier alpha value is -2.11. The van der Waals surface area contributed by atoms with Gasteiger partial charge >= 0.3 is 5.97 Å². The van der Waals surface area contributed by atoms with Gasteiger partial charge < -0.3 is 15.0 Å². The molecule has 0 aromatic carbocycles. The Bertz CT molecular complexity index is 563. The molecular weight excluding hydrogens is 272 g/mol. The molecule has 0 fully saturated rings. The van der Waals surface area contributed by atoms with Crippen molar-refractivity contribution in [2.75, 3.05) is 0 Å². The summed E-state index contributed by atoms with van der Waals surface area (Å²) in [6.07, 6.45) is 2.13. The molecule has 1 unspecified atom stereocenters. The number of aliphatic carboxylic acids is 1. The van der Waals surface area contributed by atoms with Crippen LogP contribution in [0.5, 0.6) is 0 Å². The lowest BCUT2D eigenvalue weighted by Crippen LogP contribution is -2.42. The zero-order chi connectivity index (χ0) is 16.0. The van der Waals surface area contributed by atoms with E-state index in [0.29, 0.717) is 6.42 Å². The predicted molar refractivity (Wildman–Crippen MR) is 79.1 cm³/mol. The van der Waals surface area contributed by atoms with Gasteiger partial charge in [-0.2, -0.15) is 0 Å². The first-order valence-corrected chi connectivity index (χ1v) is 6.99. The summed E-state index contributed by atoms with van der Waals surface area (Å²) < 4.78 is 1.45. The maximum Gasteiger partial charge on any atom is 0.326 e. The number of carboxylic acid groups (broad SMARTS) is 1. The van der Waals surface area contributed by atoms with Gasteiger partial charge in [-0.05, 0) is 24.8 Å². The summed E-state index contributed by atoms with van der Waals surface area (Å²) in [6, 6.07) is 2.28. The lowest BCUT2D eigenvalue weighted by Gasteiger charge is -2.16. The maximum absolute atomic E-state index is 11.8. The molecule has 21 heavy (non-hydrogen) atoms. The highest BCUT2D eigenvalue weighted by Gasteiger charge is 2.20. The van der Waals surface area contributed by atoms with E-state index in [4.69, 9.17) is 5.11 Å². The molecule has 0 aliphatic carbocycles. The lowest BCUT2D eigenvalue weighted by atomic mass is 10.0. The molecule has 1 aromatic heterocycles. The molecule has 0 saturated carbocycles. The van der Waals surface area contributed by atoms with Crippen molar-refractivity contribution in [1.82, 2.24) is 9.88 Å². The molecule has 1 amide bonds. The smallest absolute Gasteiger partial charge is 0.326 e. The Morgan fingerprint density at radius 3 is 2.57 bits per heavy atom. The van der Waals surface area contributed by atoms with E-state index in [1.165, 1.54) is 10.6 Å². The van der Waals surface area contributed by atoms with Gasteiger partial charge in [-0.25, -0.2) is 4.79 Å². The molecule has 2 N–H and O–H groups in total. The van der Waals surface area contributed by atoms with Gasteiger partial charge in [0.25, 0.3) is 5.56 Å². The molecule has 0 spiro atoms. The molecule has 0 aliphatic rings. The van der Waals surface area contributed by atoms with Crippen LogP contribution in [-0.4, -0.2) is 27.6 Å². The minimum absolute atomic E-state index is 0.0746. The Morgan fingerprint density at radius 1 is 1.33 bits per heavy atom. The summed E-state index contributed by atoms with van der Waals surface area (Å²) in [5.74, 6) is -1.23. The van der Waals surface area contributed by atoms with Crippen molar-refractivity contribution >= 4 is 11.9 Å². The summed E-state index contributed by atoms with van der Waals surface area (Å²) in [5.41, 5.74) is 0.753. The Labute approximate surface area is 123 Å². The summed E-state index contributed by atoms with van der Waals surface area (Å²) in [5, 5.41) is 11.6. The second-order valence-electron chi connectivity index (χ2n) is 5.58. The summed E-state index contributed by atoms with van der Waals surface area (Å²) in [6.45, 7) is 5.89. The summed E-state index contributed by atoms with van der Waals surface area (Å²) in [4.78, 5) is 34.5. The highest BCUT2D eigenvalue weighted by molar-refractivity contribution is 5.83. The van der Waals surface area contributed by atoms with E-state index in [1.807, 2.05) is 20.8 Å². The summed E-state index contributed by atoms with van der Waals surface area (Å²) in [7, 11) is 0. The number of carbonyl (C=O) groups is 2. The van der Waals surface area contributed by atoms with Crippen LogP contribution in [-0.2, 0) is 16.1 Å². The average Bonchev–Trinajstić information content (AvgIpc) is 2.38. The van der Waals surface area contributed by atoms with Crippen molar-refractivity contribution in [3.05, 3.63) is 34.2 Å². The zero-order valence-electron chi connectivity index (χ0n) is 12.6. The van der Waals surface area contributed by atoms with Gasteiger partial charge in [0, 0.05) is 25.2 Å². The van der Waals surface area contributed by atoms with Crippen molar-refractivity contribution in [2.45, 2.75) is 46.2 Å². The molecule has 0 bridgehead atoms. The number of rotatable bonds is 7. The van der Waals surface area contributed by atoms with Crippen LogP contribution in [0.1, 0.15) is 32.3 Å². The lowest BCUT2D eigenvalue weighted by molar-refractivity contribution is -0.142. The molecule has 1 heterocycles. The third-order valence-electron chi connectivity index (χ3n) is 3.05. The van der Waals surface area contributed by atoms with Crippen LogP contribution in [0.25, 0.3) is 0 Å². The molecule has 116 valence electrons. The van der Waals surface area contributed by atoms with Crippen LogP contribution in [0, 0.1) is 12.8 Å². The fraction of sp³-hybridized carbons (Fsp3) is 0.533. The van der Waals surface area contributed by atoms with Crippen molar-refractivity contribution in [3.63, 3.8) is 0 Å². The third kappa shape index (κ3) is 5.81. The Morgan fingerprint density at radius 2 is 2.00 bits per heavy atom. The first kappa shape index (κ1) is 16.9. The molecule has 6 heteroatoms. The molecule has 1 aromatic rings. The van der Waals surface area contributed by atoms with Gasteiger partial charge in [0.1, 0.15) is 6.04 Å². The maximum atomic E-state index is 11.8. The van der Waals surface area contributed by atoms with Crippen LogP contribution >= 0.6 is 0 Å². The molecule has 0 aliphatic heterocycles. The van der Waals surface area contributed by atoms with E-state index in [-0.39, 0.29) is 30.3 Å². The van der Waals surface area contributed by atoms with Crippen molar-refractivity contribution in [2.24, 2.45) is 5.92 Å². The Kier molecular flexibility index (Phi) is 6.14. The molecule has 6 nitrogen and oxygen atoms in total. The standard InChI is InChI=1S/C15H22N2O4/c1-10(2)8-12(15(20)21)16-13(18)6-7-17-9-11(3)4-5-14(17)19/h4-5,9-10,12H,6-8H2,1-3H3,(H,16,18)(H,20,21). The second kappa shape index (κ2) is 7.61. The zero-order valence-corrected chi connectivity index (χ0v) is 12.6. The first-order chi connectivity index (χ1) is 9.79. The SMILES string of the molecule is Cc1ccc(=O)n(CCC(=O)NC(CC(C)C)C(=O)O)c1. The molecular formula is C15H22N2O4. The number of aromatic nitrogens is 1. The van der Waals surface area contributed by atoms with Crippen LogP contribution < -0.4 is 10.9 Å². The largest absolute Gasteiger partial charge is 0.480 e. The van der Waals surface area contributed by atoms with Gasteiger partial charge in [0.15, 0.2) is 0 Å². The molecule has 1 rings (SSSR count). The van der Waals surface area contributed by atoms with Crippen molar-refractivity contribution in [1.29, 1.82) is 0 Å². The highest BCUT2D eigenvalue weighted by Crippen LogP contribution is 2.05. The summed E-state index contributed by atoms with van der Waals surface area (Å²) >= 11 is 0. The van der Waals surface area contributed by atoms with Crippen LogP contribution in [0.3, 0.4) is 0 Å². The monoisotopic (exact) mass is 294 g/mol. The third-order valence-corrected chi connectivity index (χ3v) is 3.05. The van der Waals surface area contributed by atoms with Gasteiger partial charge in [-0.15, -0.1) is 0 Å². The fourth-order valence-corrected chi connectivity index (χ4v) is 2.01. The van der Waals surface area contributed by atoms with Gasteiger partial charge in [0.05, 0.1) is 0 Å². The quantitative estimate of drug-likeness (QED) is 0.790. The van der Waals surface area contributed by atoms with E-state index in [1.54, 1.807) is 12.3 Å². The number of aryl methyl sites for hydroxylation is 2. The number of carboxylic acids is 1. The number of nitrogens with one attached hydrogen (secondary N) is 1. The minimum Gasteiger partial charge on any atom is -0.480 e. The van der Waals surface area contributed by atoms with Gasteiger partial charge in [-0.3, -0.25) is 9.59 Å². The normalized spacial score (nSPS) is 12.2. The average molecular weight is 294 g/mol. The number of pyridine rings is 1. The number of hydrogen-bond acceptors (Lipinski definition) is 3. The van der Waals surface area contributed by atoms with Crippen molar-refractivity contribution < 1.29 is 14.7 Å². The molecule has 0 radical (unpaired) electrons. The first-order valence-electron chi connectivity index (χ1n) is 6.99. The highest BCUT2D eigenvalue weighted by atomic mass is 16.4. The predicted octanol–water partition coefficient (Wildman–Crippen LogP) is 1.16. The second-order valence-corrected chi connectivity index (χ2v) is 5.58. The molecule has 0 saturated heterocycles. The van der Waals surface area contributed by atoms with Crippen LogP contribution in [0.2, 0.25) is 0 Å². The number of carbonyl (C=O) groups excluding carboxylic acids is 1. The number of hydrogen-bond donors (Lipinski definition) is 2. The number of amides is 1. The van der Waals surface area contributed by atoms with E-state index >= 15 is 0 Å². The van der Waals surface area contributed by atoms with E-state index < -0.39 is 12.0 Å². The Balaban J connectivity index is 2.58. The van der Waals surface area contributed by atoms with E-state index in [2.05, 4.69) is 5.32 Å². The minimum atomic E-state index is -1.04. The van der Waals surface area contributed by atoms with Crippen LogP contribution in [0.15, 0.2) is 23.1 Å². The fourth-order valence-electron chi connectivity index (χ4n) is 2.01. The molecule has 1 atom stereocenters. The van der Waals surface area contributed by atoms with E-state index in [0.717, 1.165) is 5.56 Å². The van der Waals surface area contributed by atoms with Crippen molar-refractivity contribution in [3.8, 4) is 0 Å². The van der Waals surface area contributed by atoms with Crippen LogP contribution in [0.4, 0.5) is 0 Å². The number of nitrogens with zero attached hydrogens (tertiary/aromatic N) is 1. The van der Waals surface area contributed by atoms with E-state index in [9.17, 15) is 14.4 Å².